The van der Waals surface area contributed by atoms with Crippen LogP contribution < -0.4 is 0 Å². The molecule has 1 fully saturated rings. The minimum atomic E-state index is 0.266. The first kappa shape index (κ1) is 13.3. The number of carbonyl (C=O) groups excluding carboxylic acids is 1. The van der Waals surface area contributed by atoms with Crippen LogP contribution in [-0.4, -0.2) is 5.78 Å². The molecular formula is C17H24O. The molecule has 0 saturated heterocycles. The summed E-state index contributed by atoms with van der Waals surface area (Å²) in [6.45, 7) is 6.65. The molecule has 1 aromatic carbocycles. The number of ketones is 1. The summed E-state index contributed by atoms with van der Waals surface area (Å²) < 4.78 is 0. The van der Waals surface area contributed by atoms with Crippen molar-refractivity contribution >= 4 is 5.78 Å². The average Bonchev–Trinajstić information content (AvgIpc) is 2.38. The topological polar surface area (TPSA) is 17.1 Å². The third kappa shape index (κ3) is 3.01. The van der Waals surface area contributed by atoms with Gasteiger partial charge in [0.05, 0.1) is 0 Å². The SMILES string of the molecule is Cc1cccc(C(=O)C2CCC(C(C)C)CC2)c1. The molecule has 0 heterocycles. The first-order chi connectivity index (χ1) is 8.58. The highest BCUT2D eigenvalue weighted by Gasteiger charge is 2.28. The summed E-state index contributed by atoms with van der Waals surface area (Å²) >= 11 is 0. The highest BCUT2D eigenvalue weighted by molar-refractivity contribution is 5.98. The first-order valence-corrected chi connectivity index (χ1v) is 7.19. The minimum absolute atomic E-state index is 0.266. The smallest absolute Gasteiger partial charge is 0.165 e. The molecule has 0 atom stereocenters. The average molecular weight is 244 g/mol. The third-order valence-electron chi connectivity index (χ3n) is 4.39. The number of aryl methyl sites for hydroxylation is 1. The second-order valence-corrected chi connectivity index (χ2v) is 6.09. The maximum Gasteiger partial charge on any atom is 0.165 e. The summed E-state index contributed by atoms with van der Waals surface area (Å²) in [4.78, 5) is 12.4. The number of hydrogen-bond donors (Lipinski definition) is 0. The van der Waals surface area contributed by atoms with Crippen LogP contribution in [0.2, 0.25) is 0 Å². The van der Waals surface area contributed by atoms with Crippen molar-refractivity contribution in [2.45, 2.75) is 46.5 Å². The van der Waals surface area contributed by atoms with Crippen LogP contribution in [0.25, 0.3) is 0 Å². The molecule has 98 valence electrons. The maximum atomic E-state index is 12.4. The lowest BCUT2D eigenvalue weighted by atomic mass is 9.75. The standard InChI is InChI=1S/C17H24O/c1-12(2)14-7-9-15(10-8-14)17(18)16-6-4-5-13(3)11-16/h4-6,11-12,14-15H,7-10H2,1-3H3. The molecule has 0 unspecified atom stereocenters. The van der Waals surface area contributed by atoms with Gasteiger partial charge in [-0.05, 0) is 50.5 Å². The van der Waals surface area contributed by atoms with Crippen molar-refractivity contribution < 1.29 is 4.79 Å². The van der Waals surface area contributed by atoms with E-state index in [1.54, 1.807) is 0 Å². The van der Waals surface area contributed by atoms with Crippen LogP contribution in [-0.2, 0) is 0 Å². The molecule has 1 aromatic rings. The van der Waals surface area contributed by atoms with Crippen molar-refractivity contribution in [3.63, 3.8) is 0 Å². The van der Waals surface area contributed by atoms with Gasteiger partial charge in [0.15, 0.2) is 5.78 Å². The Hall–Kier alpha value is -1.11. The molecule has 1 saturated carbocycles. The summed E-state index contributed by atoms with van der Waals surface area (Å²) in [7, 11) is 0. The van der Waals surface area contributed by atoms with Gasteiger partial charge in [-0.3, -0.25) is 4.79 Å². The fourth-order valence-electron chi connectivity index (χ4n) is 3.08. The van der Waals surface area contributed by atoms with Crippen molar-refractivity contribution in [2.75, 3.05) is 0 Å². The van der Waals surface area contributed by atoms with Crippen molar-refractivity contribution in [3.05, 3.63) is 35.4 Å². The molecule has 0 aromatic heterocycles. The van der Waals surface area contributed by atoms with E-state index in [9.17, 15) is 4.79 Å². The van der Waals surface area contributed by atoms with E-state index in [1.807, 2.05) is 31.2 Å². The molecule has 1 nitrogen and oxygen atoms in total. The molecule has 0 spiro atoms. The van der Waals surface area contributed by atoms with Crippen LogP contribution in [0.3, 0.4) is 0 Å². The third-order valence-corrected chi connectivity index (χ3v) is 4.39. The molecule has 2 rings (SSSR count). The molecule has 1 heteroatoms. The lowest BCUT2D eigenvalue weighted by Crippen LogP contribution is -2.24. The molecular weight excluding hydrogens is 220 g/mol. The largest absolute Gasteiger partial charge is 0.294 e. The Kier molecular flexibility index (Phi) is 4.21. The molecule has 1 aliphatic carbocycles. The van der Waals surface area contributed by atoms with Crippen LogP contribution in [0.5, 0.6) is 0 Å². The predicted octanol–water partition coefficient (Wildman–Crippen LogP) is 4.64. The van der Waals surface area contributed by atoms with E-state index in [1.165, 1.54) is 18.4 Å². The van der Waals surface area contributed by atoms with E-state index in [0.29, 0.717) is 5.78 Å². The molecule has 0 amide bonds. The second-order valence-electron chi connectivity index (χ2n) is 6.09. The van der Waals surface area contributed by atoms with E-state index in [0.717, 1.165) is 30.2 Å². The Bertz CT molecular complexity index is 411. The van der Waals surface area contributed by atoms with Gasteiger partial charge >= 0.3 is 0 Å². The van der Waals surface area contributed by atoms with Crippen LogP contribution in [0, 0.1) is 24.7 Å². The van der Waals surface area contributed by atoms with Gasteiger partial charge in [-0.1, -0.05) is 37.6 Å². The van der Waals surface area contributed by atoms with Crippen LogP contribution in [0.15, 0.2) is 24.3 Å². The fraction of sp³-hybridized carbons (Fsp3) is 0.588. The van der Waals surface area contributed by atoms with E-state index in [2.05, 4.69) is 13.8 Å². The molecule has 0 aliphatic heterocycles. The molecule has 0 bridgehead atoms. The lowest BCUT2D eigenvalue weighted by Gasteiger charge is -2.30. The van der Waals surface area contributed by atoms with Gasteiger partial charge in [0.25, 0.3) is 0 Å². The summed E-state index contributed by atoms with van der Waals surface area (Å²) in [5.41, 5.74) is 2.08. The lowest BCUT2D eigenvalue weighted by molar-refractivity contribution is 0.0859. The zero-order chi connectivity index (χ0) is 13.1. The molecule has 0 radical (unpaired) electrons. The Balaban J connectivity index is 1.99. The van der Waals surface area contributed by atoms with E-state index < -0.39 is 0 Å². The molecule has 1 aliphatic rings. The zero-order valence-electron chi connectivity index (χ0n) is 11.8. The Morgan fingerprint density at radius 3 is 2.39 bits per heavy atom. The number of hydrogen-bond acceptors (Lipinski definition) is 1. The fourth-order valence-corrected chi connectivity index (χ4v) is 3.08. The van der Waals surface area contributed by atoms with Gasteiger partial charge in [-0.15, -0.1) is 0 Å². The summed E-state index contributed by atoms with van der Waals surface area (Å²) in [5, 5.41) is 0. The van der Waals surface area contributed by atoms with Gasteiger partial charge in [0, 0.05) is 11.5 Å². The number of rotatable bonds is 3. The van der Waals surface area contributed by atoms with Gasteiger partial charge in [0.2, 0.25) is 0 Å². The van der Waals surface area contributed by atoms with E-state index >= 15 is 0 Å². The minimum Gasteiger partial charge on any atom is -0.294 e. The van der Waals surface area contributed by atoms with Crippen molar-refractivity contribution in [1.82, 2.24) is 0 Å². The van der Waals surface area contributed by atoms with Crippen LogP contribution >= 0.6 is 0 Å². The second kappa shape index (κ2) is 5.69. The predicted molar refractivity (Wildman–Crippen MR) is 75.8 cm³/mol. The van der Waals surface area contributed by atoms with Crippen molar-refractivity contribution in [3.8, 4) is 0 Å². The van der Waals surface area contributed by atoms with Gasteiger partial charge in [-0.25, -0.2) is 0 Å². The number of benzene rings is 1. The quantitative estimate of drug-likeness (QED) is 0.708. The van der Waals surface area contributed by atoms with Crippen molar-refractivity contribution in [2.24, 2.45) is 17.8 Å². The van der Waals surface area contributed by atoms with Crippen molar-refractivity contribution in [1.29, 1.82) is 0 Å². The highest BCUT2D eigenvalue weighted by Crippen LogP contribution is 2.34. The Morgan fingerprint density at radius 1 is 1.17 bits per heavy atom. The van der Waals surface area contributed by atoms with E-state index in [4.69, 9.17) is 0 Å². The zero-order valence-corrected chi connectivity index (χ0v) is 11.8. The summed E-state index contributed by atoms with van der Waals surface area (Å²) in [6, 6.07) is 8.02. The first-order valence-electron chi connectivity index (χ1n) is 7.19. The molecule has 0 N–H and O–H groups in total. The molecule has 18 heavy (non-hydrogen) atoms. The highest BCUT2D eigenvalue weighted by atomic mass is 16.1. The number of carbonyl (C=O) groups is 1. The normalized spacial score (nSPS) is 24.2. The van der Waals surface area contributed by atoms with Gasteiger partial charge in [-0.2, -0.15) is 0 Å². The van der Waals surface area contributed by atoms with E-state index in [-0.39, 0.29) is 5.92 Å². The van der Waals surface area contributed by atoms with Crippen LogP contribution in [0.4, 0.5) is 0 Å². The Morgan fingerprint density at radius 2 is 1.83 bits per heavy atom. The summed E-state index contributed by atoms with van der Waals surface area (Å²) in [6.07, 6.45) is 4.60. The monoisotopic (exact) mass is 244 g/mol. The van der Waals surface area contributed by atoms with Gasteiger partial charge in [0.1, 0.15) is 0 Å². The van der Waals surface area contributed by atoms with Gasteiger partial charge < -0.3 is 0 Å². The summed E-state index contributed by atoms with van der Waals surface area (Å²) in [5.74, 6) is 2.22. The van der Waals surface area contributed by atoms with Crippen LogP contribution in [0.1, 0.15) is 55.5 Å². The Labute approximate surface area is 111 Å². The maximum absolute atomic E-state index is 12.4. The number of Topliss-reactive ketones (excluding diaryl/α,β-unsaturated/α-hetero) is 1.